The van der Waals surface area contributed by atoms with Gasteiger partial charge in [0, 0.05) is 0 Å². The monoisotopic (exact) mass is 161 g/mol. The van der Waals surface area contributed by atoms with Crippen molar-refractivity contribution in [3.8, 4) is 0 Å². The maximum atomic E-state index is 10.8. The first-order valence-electron chi connectivity index (χ1n) is 3.79. The van der Waals surface area contributed by atoms with Crippen molar-refractivity contribution in [2.75, 3.05) is 6.61 Å². The predicted octanol–water partition coefficient (Wildman–Crippen LogP) is -0.594. The van der Waals surface area contributed by atoms with Gasteiger partial charge in [0.15, 0.2) is 0 Å². The van der Waals surface area contributed by atoms with Crippen LogP contribution in [0.4, 0.5) is 0 Å². The number of rotatable bonds is 1. The van der Waals surface area contributed by atoms with Gasteiger partial charge in [0.2, 0.25) is 0 Å². The number of hydrogen-bond donors (Lipinski definition) is 1. The van der Waals surface area contributed by atoms with E-state index < -0.39 is 5.91 Å². The van der Waals surface area contributed by atoms with Crippen LogP contribution >= 0.6 is 0 Å². The van der Waals surface area contributed by atoms with Gasteiger partial charge in [0.05, 0.1) is 0 Å². The van der Waals surface area contributed by atoms with Crippen LogP contribution in [0.1, 0.15) is 0 Å². The van der Waals surface area contributed by atoms with Crippen molar-refractivity contribution in [1.82, 2.24) is 0 Å². The van der Waals surface area contributed by atoms with Crippen LogP contribution in [0.5, 0.6) is 0 Å². The molecule has 0 aromatic heterocycles. The van der Waals surface area contributed by atoms with Crippen molar-refractivity contribution in [3.05, 3.63) is 23.8 Å². The molecule has 12 heavy (non-hydrogen) atoms. The molecule has 0 aromatic carbocycles. The molecule has 1 aliphatic carbocycles. The van der Waals surface area contributed by atoms with Gasteiger partial charge in [-0.1, -0.05) is 0 Å². The number of nitrogens with two attached hydrogens (primary N) is 1. The summed E-state index contributed by atoms with van der Waals surface area (Å²) in [6, 6.07) is 0. The molecule has 0 saturated heterocycles. The molecule has 0 bridgehead atoms. The third-order valence-corrected chi connectivity index (χ3v) is 2.04. The molecule has 3 nitrogen and oxygen atoms in total. The topological polar surface area (TPSA) is 52.3 Å². The normalized spacial score (nSPS) is 24.8. The summed E-state index contributed by atoms with van der Waals surface area (Å²) < 4.78 is 5.11. The van der Waals surface area contributed by atoms with Crippen LogP contribution in [0.25, 0.3) is 0 Å². The summed E-state index contributed by atoms with van der Waals surface area (Å²) in [7, 11) is 1.68. The Balaban J connectivity index is 2.31. The Hall–Kier alpha value is -1.32. The first kappa shape index (κ1) is 7.34. The molecule has 0 aromatic rings. The van der Waals surface area contributed by atoms with E-state index in [1.54, 1.807) is 19.3 Å². The summed E-state index contributed by atoms with van der Waals surface area (Å²) >= 11 is 0. The molecular formula is C8H8BNO2. The third kappa shape index (κ3) is 1.09. The molecular weight excluding hydrogens is 153 g/mol. The molecule has 0 radical (unpaired) electrons. The van der Waals surface area contributed by atoms with E-state index in [1.165, 1.54) is 0 Å². The number of primary amides is 1. The Morgan fingerprint density at radius 1 is 1.75 bits per heavy atom. The molecule has 1 atom stereocenters. The zero-order chi connectivity index (χ0) is 8.55. The maximum absolute atomic E-state index is 10.8. The quantitative estimate of drug-likeness (QED) is 0.522. The van der Waals surface area contributed by atoms with Gasteiger partial charge in [-0.3, -0.25) is 0 Å². The van der Waals surface area contributed by atoms with E-state index >= 15 is 0 Å². The van der Waals surface area contributed by atoms with Gasteiger partial charge in [-0.25, -0.2) is 0 Å². The molecule has 1 heterocycles. The third-order valence-electron chi connectivity index (χ3n) is 2.04. The second kappa shape index (κ2) is 2.62. The zero-order valence-corrected chi connectivity index (χ0v) is 6.49. The molecule has 1 aliphatic heterocycles. The standard InChI is InChI=1S/C8H8BNO2/c10-8(11)5-1-2-6-4-12-9-7(6)3-5/h1-3,6H,4H2,(H2,10,11). The fraction of sp³-hybridized carbons (Fsp3) is 0.250. The van der Waals surface area contributed by atoms with Crippen molar-refractivity contribution >= 4 is 18.5 Å². The van der Waals surface area contributed by atoms with E-state index in [4.69, 9.17) is 10.4 Å². The Kier molecular flexibility index (Phi) is 1.61. The minimum atomic E-state index is -0.391. The van der Waals surface area contributed by atoms with Gasteiger partial charge < -0.3 is 0 Å². The van der Waals surface area contributed by atoms with Gasteiger partial charge >= 0.3 is 70.0 Å². The van der Waals surface area contributed by atoms with Crippen LogP contribution in [-0.2, 0) is 9.45 Å². The van der Waals surface area contributed by atoms with Crippen molar-refractivity contribution in [1.29, 1.82) is 0 Å². The summed E-state index contributed by atoms with van der Waals surface area (Å²) in [5.74, 6) is -0.0781. The predicted molar refractivity (Wildman–Crippen MR) is 46.6 cm³/mol. The molecule has 1 unspecified atom stereocenters. The molecule has 0 fully saturated rings. The van der Waals surface area contributed by atoms with E-state index in [0.717, 1.165) is 5.46 Å². The summed E-state index contributed by atoms with van der Waals surface area (Å²) in [5, 5.41) is 0. The van der Waals surface area contributed by atoms with E-state index in [-0.39, 0.29) is 0 Å². The number of carbonyl (C=O) groups excluding carboxylic acids is 1. The Labute approximate surface area is 70.8 Å². The van der Waals surface area contributed by atoms with Crippen molar-refractivity contribution in [2.45, 2.75) is 0 Å². The fourth-order valence-electron chi connectivity index (χ4n) is 1.34. The SMILES string of the molecule is NC(=O)C1=CC2=BOCC2C=C1. The Bertz CT molecular complexity index is 317. The van der Waals surface area contributed by atoms with Crippen LogP contribution in [0, 0.1) is 5.92 Å². The number of hydrogen-bond acceptors (Lipinski definition) is 2. The van der Waals surface area contributed by atoms with Gasteiger partial charge in [-0.2, -0.15) is 0 Å². The second-order valence-corrected chi connectivity index (χ2v) is 2.88. The molecule has 2 rings (SSSR count). The zero-order valence-electron chi connectivity index (χ0n) is 6.49. The molecule has 1 amide bonds. The van der Waals surface area contributed by atoms with Gasteiger partial charge in [-0.15, -0.1) is 0 Å². The summed E-state index contributed by atoms with van der Waals surface area (Å²) in [6.45, 7) is 0.675. The van der Waals surface area contributed by atoms with Crippen LogP contribution in [0.3, 0.4) is 0 Å². The molecule has 0 saturated carbocycles. The van der Waals surface area contributed by atoms with Crippen molar-refractivity contribution in [3.63, 3.8) is 0 Å². The summed E-state index contributed by atoms with van der Waals surface area (Å²) in [6.07, 6.45) is 5.47. The molecule has 2 N–H and O–H groups in total. The molecule has 2 aliphatic rings. The van der Waals surface area contributed by atoms with Gasteiger partial charge in [-0.05, 0) is 0 Å². The van der Waals surface area contributed by atoms with E-state index in [9.17, 15) is 4.79 Å². The van der Waals surface area contributed by atoms with Crippen molar-refractivity contribution in [2.24, 2.45) is 11.7 Å². The van der Waals surface area contributed by atoms with Gasteiger partial charge in [0.25, 0.3) is 0 Å². The summed E-state index contributed by atoms with van der Waals surface area (Å²) in [5.41, 5.74) is 6.70. The molecule has 60 valence electrons. The minimum absolute atomic E-state index is 0.313. The fourth-order valence-corrected chi connectivity index (χ4v) is 1.34. The number of carbonyl (C=O) groups is 1. The van der Waals surface area contributed by atoms with Crippen LogP contribution in [-0.4, -0.2) is 25.1 Å². The van der Waals surface area contributed by atoms with E-state index in [1.807, 2.05) is 6.08 Å². The number of allylic oxidation sites excluding steroid dienone is 1. The average molecular weight is 161 g/mol. The van der Waals surface area contributed by atoms with Crippen LogP contribution in [0.2, 0.25) is 0 Å². The first-order valence-corrected chi connectivity index (χ1v) is 3.79. The summed E-state index contributed by atoms with van der Waals surface area (Å²) in [4.78, 5) is 10.8. The second-order valence-electron chi connectivity index (χ2n) is 2.88. The van der Waals surface area contributed by atoms with E-state index in [0.29, 0.717) is 18.1 Å². The number of amides is 1. The Morgan fingerprint density at radius 2 is 2.58 bits per heavy atom. The number of fused-ring (bicyclic) bond motifs is 1. The Morgan fingerprint density at radius 3 is 3.33 bits per heavy atom. The van der Waals surface area contributed by atoms with E-state index in [2.05, 4.69) is 0 Å². The average Bonchev–Trinajstić information content (AvgIpc) is 2.49. The molecule has 0 spiro atoms. The van der Waals surface area contributed by atoms with Gasteiger partial charge in [0.1, 0.15) is 0 Å². The van der Waals surface area contributed by atoms with Crippen LogP contribution < -0.4 is 5.73 Å². The van der Waals surface area contributed by atoms with Crippen LogP contribution in [0.15, 0.2) is 23.8 Å². The van der Waals surface area contributed by atoms with Crippen molar-refractivity contribution < 1.29 is 9.45 Å². The molecule has 4 heteroatoms. The first-order chi connectivity index (χ1) is 5.77.